The Balaban J connectivity index is 2.38. The van der Waals surface area contributed by atoms with Gasteiger partial charge in [-0.2, -0.15) is 5.26 Å². The van der Waals surface area contributed by atoms with E-state index in [-0.39, 0.29) is 6.10 Å². The molecular formula is C16H19N3O. The van der Waals surface area contributed by atoms with Crippen LogP contribution in [-0.2, 0) is 6.54 Å². The number of benzene rings is 1. The smallest absolute Gasteiger partial charge is 0.219 e. The van der Waals surface area contributed by atoms with Crippen molar-refractivity contribution in [2.75, 3.05) is 5.73 Å². The lowest BCUT2D eigenvalue weighted by atomic mass is 10.1. The number of hydrogen-bond donors (Lipinski definition) is 1. The molecule has 0 saturated heterocycles. The predicted octanol–water partition coefficient (Wildman–Crippen LogP) is 3.09. The highest BCUT2D eigenvalue weighted by atomic mass is 16.5. The van der Waals surface area contributed by atoms with E-state index in [4.69, 9.17) is 10.5 Å². The highest BCUT2D eigenvalue weighted by Crippen LogP contribution is 2.28. The van der Waals surface area contributed by atoms with E-state index in [0.29, 0.717) is 23.8 Å². The molecule has 1 aromatic carbocycles. The molecule has 0 aliphatic rings. The summed E-state index contributed by atoms with van der Waals surface area (Å²) >= 11 is 0. The Morgan fingerprint density at radius 3 is 2.50 bits per heavy atom. The monoisotopic (exact) mass is 269 g/mol. The Morgan fingerprint density at radius 2 is 1.95 bits per heavy atom. The van der Waals surface area contributed by atoms with E-state index >= 15 is 0 Å². The maximum Gasteiger partial charge on any atom is 0.219 e. The van der Waals surface area contributed by atoms with Crippen molar-refractivity contribution in [2.45, 2.75) is 33.4 Å². The number of nitrogen functional groups attached to an aromatic ring is 1. The second-order valence-electron chi connectivity index (χ2n) is 5.14. The third-order valence-electron chi connectivity index (χ3n) is 3.00. The molecule has 2 N–H and O–H groups in total. The van der Waals surface area contributed by atoms with Gasteiger partial charge in [0.2, 0.25) is 5.88 Å². The first-order valence-electron chi connectivity index (χ1n) is 6.62. The second-order valence-corrected chi connectivity index (χ2v) is 5.14. The Kier molecular flexibility index (Phi) is 3.99. The molecule has 1 aromatic heterocycles. The summed E-state index contributed by atoms with van der Waals surface area (Å²) in [6.45, 7) is 6.50. The molecule has 1 heterocycles. The lowest BCUT2D eigenvalue weighted by Gasteiger charge is -2.15. The largest absolute Gasteiger partial charge is 0.475 e. The summed E-state index contributed by atoms with van der Waals surface area (Å²) < 4.78 is 7.56. The van der Waals surface area contributed by atoms with E-state index in [0.717, 1.165) is 5.56 Å². The van der Waals surface area contributed by atoms with Crippen LogP contribution in [0.25, 0.3) is 0 Å². The standard InChI is InChI=1S/C16H19N3O/c1-11(2)20-16-15(18)8-14(9-17)19(16)10-13-6-4-12(3)5-7-13/h4-8,11H,10,18H2,1-3H3. The van der Waals surface area contributed by atoms with Crippen LogP contribution in [0.5, 0.6) is 5.88 Å². The number of hydrogen-bond acceptors (Lipinski definition) is 3. The van der Waals surface area contributed by atoms with E-state index < -0.39 is 0 Å². The minimum atomic E-state index is 0.00973. The van der Waals surface area contributed by atoms with Crippen molar-refractivity contribution in [1.82, 2.24) is 4.57 Å². The van der Waals surface area contributed by atoms with Gasteiger partial charge < -0.3 is 10.5 Å². The molecule has 0 fully saturated rings. The first-order valence-corrected chi connectivity index (χ1v) is 6.62. The van der Waals surface area contributed by atoms with Crippen LogP contribution in [0.3, 0.4) is 0 Å². The lowest BCUT2D eigenvalue weighted by molar-refractivity contribution is 0.224. The fraction of sp³-hybridized carbons (Fsp3) is 0.312. The Bertz CT molecular complexity index is 633. The van der Waals surface area contributed by atoms with Crippen LogP contribution in [0.4, 0.5) is 5.69 Å². The molecule has 0 bridgehead atoms. The van der Waals surface area contributed by atoms with Crippen LogP contribution in [-0.4, -0.2) is 10.7 Å². The molecule has 0 spiro atoms. The van der Waals surface area contributed by atoms with Gasteiger partial charge in [-0.15, -0.1) is 0 Å². The maximum absolute atomic E-state index is 9.23. The van der Waals surface area contributed by atoms with Gasteiger partial charge in [-0.3, -0.25) is 4.57 Å². The molecule has 2 aromatic rings. The van der Waals surface area contributed by atoms with E-state index in [1.54, 1.807) is 6.07 Å². The highest BCUT2D eigenvalue weighted by molar-refractivity contribution is 5.55. The normalized spacial score (nSPS) is 10.6. The summed E-state index contributed by atoms with van der Waals surface area (Å²) in [5, 5.41) is 9.23. The van der Waals surface area contributed by atoms with Crippen molar-refractivity contribution in [3.05, 3.63) is 47.2 Å². The van der Waals surface area contributed by atoms with E-state index in [9.17, 15) is 5.26 Å². The summed E-state index contributed by atoms with van der Waals surface area (Å²) in [4.78, 5) is 0. The molecule has 0 atom stereocenters. The molecule has 0 amide bonds. The minimum absolute atomic E-state index is 0.00973. The van der Waals surface area contributed by atoms with Crippen LogP contribution in [0.15, 0.2) is 30.3 Å². The first kappa shape index (κ1) is 14.0. The summed E-state index contributed by atoms with van der Waals surface area (Å²) in [6.07, 6.45) is 0.00973. The molecule has 0 aliphatic carbocycles. The minimum Gasteiger partial charge on any atom is -0.475 e. The van der Waals surface area contributed by atoms with Gasteiger partial charge in [0.05, 0.1) is 18.3 Å². The second kappa shape index (κ2) is 5.70. The van der Waals surface area contributed by atoms with Crippen molar-refractivity contribution in [2.24, 2.45) is 0 Å². The number of anilines is 1. The van der Waals surface area contributed by atoms with Gasteiger partial charge in [-0.05, 0) is 26.3 Å². The summed E-state index contributed by atoms with van der Waals surface area (Å²) in [5.41, 5.74) is 9.28. The zero-order valence-electron chi connectivity index (χ0n) is 12.1. The third-order valence-corrected chi connectivity index (χ3v) is 3.00. The molecule has 0 unspecified atom stereocenters. The average molecular weight is 269 g/mol. The van der Waals surface area contributed by atoms with Crippen molar-refractivity contribution in [3.63, 3.8) is 0 Å². The van der Waals surface area contributed by atoms with Crippen LogP contribution in [0.1, 0.15) is 30.7 Å². The van der Waals surface area contributed by atoms with Crippen LogP contribution < -0.4 is 10.5 Å². The fourth-order valence-corrected chi connectivity index (χ4v) is 2.03. The molecule has 0 saturated carbocycles. The first-order chi connectivity index (χ1) is 9.51. The van der Waals surface area contributed by atoms with Crippen LogP contribution >= 0.6 is 0 Å². The van der Waals surface area contributed by atoms with E-state index in [2.05, 4.69) is 18.2 Å². The van der Waals surface area contributed by atoms with Gasteiger partial charge in [0.1, 0.15) is 11.8 Å². The number of nitrogens with two attached hydrogens (primary N) is 1. The Hall–Kier alpha value is -2.41. The van der Waals surface area contributed by atoms with Crippen molar-refractivity contribution in [3.8, 4) is 11.9 Å². The lowest BCUT2D eigenvalue weighted by Crippen LogP contribution is -2.12. The molecular weight excluding hydrogens is 250 g/mol. The molecule has 4 heteroatoms. The predicted molar refractivity (Wildman–Crippen MR) is 79.6 cm³/mol. The maximum atomic E-state index is 9.23. The number of aromatic nitrogens is 1. The number of rotatable bonds is 4. The number of nitrogens with zero attached hydrogens (tertiary/aromatic N) is 2. The molecule has 2 rings (SSSR count). The molecule has 104 valence electrons. The molecule has 0 aliphatic heterocycles. The zero-order valence-corrected chi connectivity index (χ0v) is 12.1. The van der Waals surface area contributed by atoms with Crippen molar-refractivity contribution in [1.29, 1.82) is 5.26 Å². The van der Waals surface area contributed by atoms with E-state index in [1.165, 1.54) is 5.56 Å². The molecule has 0 radical (unpaired) electrons. The van der Waals surface area contributed by atoms with Crippen LogP contribution in [0.2, 0.25) is 0 Å². The summed E-state index contributed by atoms with van der Waals surface area (Å²) in [5.74, 6) is 0.567. The number of aryl methyl sites for hydroxylation is 1. The van der Waals surface area contributed by atoms with Gasteiger partial charge in [0.25, 0.3) is 0 Å². The van der Waals surface area contributed by atoms with Gasteiger partial charge in [-0.25, -0.2) is 0 Å². The average Bonchev–Trinajstić information content (AvgIpc) is 2.69. The molecule has 4 nitrogen and oxygen atoms in total. The van der Waals surface area contributed by atoms with Gasteiger partial charge in [0.15, 0.2) is 0 Å². The van der Waals surface area contributed by atoms with Crippen molar-refractivity contribution < 1.29 is 4.74 Å². The van der Waals surface area contributed by atoms with Gasteiger partial charge in [0, 0.05) is 6.07 Å². The zero-order chi connectivity index (χ0) is 14.7. The van der Waals surface area contributed by atoms with Gasteiger partial charge in [-0.1, -0.05) is 29.8 Å². The molecule has 20 heavy (non-hydrogen) atoms. The highest BCUT2D eigenvalue weighted by Gasteiger charge is 2.15. The SMILES string of the molecule is Cc1ccc(Cn2c(C#N)cc(N)c2OC(C)C)cc1. The van der Waals surface area contributed by atoms with Crippen LogP contribution in [0, 0.1) is 18.3 Å². The topological polar surface area (TPSA) is 64.0 Å². The number of nitriles is 1. The number of ether oxygens (including phenoxy) is 1. The third kappa shape index (κ3) is 2.94. The quantitative estimate of drug-likeness (QED) is 0.927. The van der Waals surface area contributed by atoms with E-state index in [1.807, 2.05) is 37.5 Å². The fourth-order valence-electron chi connectivity index (χ4n) is 2.03. The van der Waals surface area contributed by atoms with Crippen molar-refractivity contribution >= 4 is 5.69 Å². The van der Waals surface area contributed by atoms with Gasteiger partial charge >= 0.3 is 0 Å². The summed E-state index contributed by atoms with van der Waals surface area (Å²) in [7, 11) is 0. The summed E-state index contributed by atoms with van der Waals surface area (Å²) in [6, 6.07) is 12.0. The Morgan fingerprint density at radius 1 is 1.30 bits per heavy atom. The Labute approximate surface area is 119 Å².